The molecule has 2 rings (SSSR count). The van der Waals surface area contributed by atoms with Crippen molar-refractivity contribution in [1.29, 1.82) is 0 Å². The topological polar surface area (TPSA) is 47.6 Å². The summed E-state index contributed by atoms with van der Waals surface area (Å²) >= 11 is 0. The quantitative estimate of drug-likeness (QED) is 0.755. The van der Waals surface area contributed by atoms with Crippen molar-refractivity contribution in [2.45, 2.75) is 33.4 Å². The molecular weight excluding hydrogens is 333 g/mol. The van der Waals surface area contributed by atoms with Gasteiger partial charge in [-0.2, -0.15) is 0 Å². The maximum Gasteiger partial charge on any atom is 0.251 e. The second-order valence-electron chi connectivity index (χ2n) is 6.68. The summed E-state index contributed by atoms with van der Waals surface area (Å²) in [4.78, 5) is 12.6. The molecule has 4 nitrogen and oxygen atoms in total. The van der Waals surface area contributed by atoms with E-state index in [-0.39, 0.29) is 17.8 Å². The highest BCUT2D eigenvalue weighted by Crippen LogP contribution is 2.22. The number of benzene rings is 2. The van der Waals surface area contributed by atoms with E-state index in [9.17, 15) is 9.18 Å². The van der Waals surface area contributed by atoms with E-state index in [0.29, 0.717) is 30.4 Å². The Morgan fingerprint density at radius 1 is 1.12 bits per heavy atom. The van der Waals surface area contributed by atoms with Crippen LogP contribution in [0.1, 0.15) is 48.3 Å². The van der Waals surface area contributed by atoms with E-state index in [1.54, 1.807) is 37.4 Å². The maximum absolute atomic E-state index is 13.0. The Balaban J connectivity index is 2.08. The van der Waals surface area contributed by atoms with E-state index < -0.39 is 0 Å². The molecule has 0 spiro atoms. The van der Waals surface area contributed by atoms with Crippen molar-refractivity contribution in [3.63, 3.8) is 0 Å². The van der Waals surface area contributed by atoms with E-state index in [1.807, 2.05) is 6.92 Å². The second-order valence-corrected chi connectivity index (χ2v) is 6.68. The molecule has 0 heterocycles. The summed E-state index contributed by atoms with van der Waals surface area (Å²) in [6, 6.07) is 11.1. The predicted octanol–water partition coefficient (Wildman–Crippen LogP) is 4.50. The molecule has 0 bridgehead atoms. The molecule has 0 radical (unpaired) electrons. The van der Waals surface area contributed by atoms with Crippen LogP contribution in [0.2, 0.25) is 0 Å². The minimum atomic E-state index is -0.298. The summed E-state index contributed by atoms with van der Waals surface area (Å²) in [6.45, 7) is 7.05. The molecule has 0 fully saturated rings. The Labute approximate surface area is 154 Å². The highest BCUT2D eigenvalue weighted by atomic mass is 19.1. The van der Waals surface area contributed by atoms with E-state index in [2.05, 4.69) is 19.2 Å². The van der Waals surface area contributed by atoms with Gasteiger partial charge in [0.1, 0.15) is 11.6 Å². The van der Waals surface area contributed by atoms with Gasteiger partial charge in [-0.15, -0.1) is 0 Å². The minimum absolute atomic E-state index is 0.199. The standard InChI is InChI=1S/C21H26FNO3/c1-14(2)12-26-13-18-11-17(7-10-20(18)25-4)21(24)23-15(3)16-5-8-19(22)9-6-16/h5-11,14-15H,12-13H2,1-4H3,(H,23,24)/t15-/m1/s1. The zero-order valence-corrected chi connectivity index (χ0v) is 15.7. The van der Waals surface area contributed by atoms with Crippen LogP contribution in [0.5, 0.6) is 5.75 Å². The number of carbonyl (C=O) groups excluding carboxylic acids is 1. The number of halogens is 1. The molecule has 1 amide bonds. The van der Waals surface area contributed by atoms with Crippen molar-refractivity contribution in [3.8, 4) is 5.75 Å². The van der Waals surface area contributed by atoms with Gasteiger partial charge in [0.2, 0.25) is 0 Å². The zero-order chi connectivity index (χ0) is 19.1. The Bertz CT molecular complexity index is 729. The molecule has 0 aliphatic rings. The summed E-state index contributed by atoms with van der Waals surface area (Å²) in [7, 11) is 1.59. The largest absolute Gasteiger partial charge is 0.496 e. The SMILES string of the molecule is COc1ccc(C(=O)N[C@H](C)c2ccc(F)cc2)cc1COCC(C)C. The molecule has 0 aromatic heterocycles. The van der Waals surface area contributed by atoms with Crippen LogP contribution in [-0.4, -0.2) is 19.6 Å². The number of hydrogen-bond acceptors (Lipinski definition) is 3. The number of hydrogen-bond donors (Lipinski definition) is 1. The fourth-order valence-electron chi connectivity index (χ4n) is 2.55. The molecule has 0 saturated carbocycles. The third kappa shape index (κ3) is 5.56. The van der Waals surface area contributed by atoms with Gasteiger partial charge in [-0.3, -0.25) is 4.79 Å². The summed E-state index contributed by atoms with van der Waals surface area (Å²) in [6.07, 6.45) is 0. The molecule has 26 heavy (non-hydrogen) atoms. The second kappa shape index (κ2) is 9.34. The van der Waals surface area contributed by atoms with Gasteiger partial charge in [-0.1, -0.05) is 26.0 Å². The first-order valence-corrected chi connectivity index (χ1v) is 8.71. The lowest BCUT2D eigenvalue weighted by Gasteiger charge is -2.16. The number of nitrogens with one attached hydrogen (secondary N) is 1. The first-order chi connectivity index (χ1) is 12.4. The molecule has 0 saturated heterocycles. The Morgan fingerprint density at radius 3 is 2.42 bits per heavy atom. The van der Waals surface area contributed by atoms with Crippen molar-refractivity contribution >= 4 is 5.91 Å². The van der Waals surface area contributed by atoms with Gasteiger partial charge in [0.05, 0.1) is 19.8 Å². The van der Waals surface area contributed by atoms with Crippen LogP contribution in [-0.2, 0) is 11.3 Å². The van der Waals surface area contributed by atoms with Crippen LogP contribution in [0, 0.1) is 11.7 Å². The lowest BCUT2D eigenvalue weighted by Crippen LogP contribution is -2.26. The summed E-state index contributed by atoms with van der Waals surface area (Å²) in [5.74, 6) is 0.629. The summed E-state index contributed by atoms with van der Waals surface area (Å²) < 4.78 is 24.1. The van der Waals surface area contributed by atoms with Gasteiger partial charge in [0, 0.05) is 17.7 Å². The fraction of sp³-hybridized carbons (Fsp3) is 0.381. The van der Waals surface area contributed by atoms with E-state index in [1.165, 1.54) is 12.1 Å². The zero-order valence-electron chi connectivity index (χ0n) is 15.7. The van der Waals surface area contributed by atoms with E-state index in [0.717, 1.165) is 11.1 Å². The first-order valence-electron chi connectivity index (χ1n) is 8.71. The molecule has 0 unspecified atom stereocenters. The summed E-state index contributed by atoms with van der Waals surface area (Å²) in [5, 5.41) is 2.93. The van der Waals surface area contributed by atoms with Gasteiger partial charge < -0.3 is 14.8 Å². The number of rotatable bonds is 8. The Hall–Kier alpha value is -2.40. The van der Waals surface area contributed by atoms with Gasteiger partial charge in [-0.05, 0) is 48.7 Å². The maximum atomic E-state index is 13.0. The number of amides is 1. The van der Waals surface area contributed by atoms with Crippen LogP contribution < -0.4 is 10.1 Å². The predicted molar refractivity (Wildman–Crippen MR) is 99.8 cm³/mol. The van der Waals surface area contributed by atoms with Crippen LogP contribution in [0.25, 0.3) is 0 Å². The average Bonchev–Trinajstić information content (AvgIpc) is 2.61. The number of carbonyl (C=O) groups is 1. The summed E-state index contributed by atoms with van der Waals surface area (Å²) in [5.41, 5.74) is 2.20. The minimum Gasteiger partial charge on any atom is -0.496 e. The average molecular weight is 359 g/mol. The van der Waals surface area contributed by atoms with Gasteiger partial charge in [-0.25, -0.2) is 4.39 Å². The Morgan fingerprint density at radius 2 is 1.81 bits per heavy atom. The van der Waals surface area contributed by atoms with Crippen LogP contribution in [0.4, 0.5) is 4.39 Å². The van der Waals surface area contributed by atoms with Crippen molar-refractivity contribution in [2.24, 2.45) is 5.92 Å². The lowest BCUT2D eigenvalue weighted by atomic mass is 10.1. The molecule has 1 atom stereocenters. The monoisotopic (exact) mass is 359 g/mol. The molecule has 140 valence electrons. The molecule has 1 N–H and O–H groups in total. The molecular formula is C21H26FNO3. The van der Waals surface area contributed by atoms with E-state index >= 15 is 0 Å². The van der Waals surface area contributed by atoms with Crippen LogP contribution >= 0.6 is 0 Å². The molecule has 0 aliphatic carbocycles. The van der Waals surface area contributed by atoms with Gasteiger partial charge >= 0.3 is 0 Å². The fourth-order valence-corrected chi connectivity index (χ4v) is 2.55. The van der Waals surface area contributed by atoms with Crippen molar-refractivity contribution in [2.75, 3.05) is 13.7 Å². The van der Waals surface area contributed by atoms with Gasteiger partial charge in [0.15, 0.2) is 0 Å². The normalized spacial score (nSPS) is 12.1. The number of ether oxygens (including phenoxy) is 2. The van der Waals surface area contributed by atoms with Crippen LogP contribution in [0.15, 0.2) is 42.5 Å². The molecule has 2 aromatic rings. The molecule has 0 aliphatic heterocycles. The van der Waals surface area contributed by atoms with Gasteiger partial charge in [0.25, 0.3) is 5.91 Å². The highest BCUT2D eigenvalue weighted by molar-refractivity contribution is 5.94. The highest BCUT2D eigenvalue weighted by Gasteiger charge is 2.14. The third-order valence-electron chi connectivity index (χ3n) is 3.97. The van der Waals surface area contributed by atoms with Crippen molar-refractivity contribution in [3.05, 3.63) is 65.0 Å². The lowest BCUT2D eigenvalue weighted by molar-refractivity contribution is 0.0930. The van der Waals surface area contributed by atoms with Crippen molar-refractivity contribution < 1.29 is 18.7 Å². The number of methoxy groups -OCH3 is 1. The molecule has 2 aromatic carbocycles. The van der Waals surface area contributed by atoms with Crippen LogP contribution in [0.3, 0.4) is 0 Å². The van der Waals surface area contributed by atoms with E-state index in [4.69, 9.17) is 9.47 Å². The van der Waals surface area contributed by atoms with Crippen molar-refractivity contribution in [1.82, 2.24) is 5.32 Å². The Kier molecular flexibility index (Phi) is 7.16. The third-order valence-corrected chi connectivity index (χ3v) is 3.97. The smallest absolute Gasteiger partial charge is 0.251 e. The first kappa shape index (κ1) is 19.9. The molecule has 5 heteroatoms.